The lowest BCUT2D eigenvalue weighted by molar-refractivity contribution is -0.117. The number of hydrogen-bond acceptors (Lipinski definition) is 3. The zero-order valence-electron chi connectivity index (χ0n) is 13.7. The Bertz CT molecular complexity index is 761. The second-order valence-corrected chi connectivity index (χ2v) is 6.31. The molecule has 0 bridgehead atoms. The van der Waals surface area contributed by atoms with Gasteiger partial charge in [-0.3, -0.25) is 4.79 Å². The minimum Gasteiger partial charge on any atom is -0.478 e. The highest BCUT2D eigenvalue weighted by Gasteiger charge is 2.19. The lowest BCUT2D eigenvalue weighted by Gasteiger charge is -2.11. The van der Waals surface area contributed by atoms with Gasteiger partial charge in [-0.1, -0.05) is 18.9 Å². The van der Waals surface area contributed by atoms with Crippen LogP contribution in [0.1, 0.15) is 48.2 Å². The Kier molecular flexibility index (Phi) is 4.64. The first-order valence-corrected chi connectivity index (χ1v) is 8.23. The smallest absolute Gasteiger partial charge is 0.339 e. The third-order valence-electron chi connectivity index (χ3n) is 4.56. The third-order valence-corrected chi connectivity index (χ3v) is 4.56. The number of carboxylic acids is 1. The zero-order valence-corrected chi connectivity index (χ0v) is 13.7. The van der Waals surface area contributed by atoms with E-state index in [2.05, 4.69) is 10.4 Å². The van der Waals surface area contributed by atoms with E-state index in [-0.39, 0.29) is 11.5 Å². The van der Waals surface area contributed by atoms with Crippen LogP contribution in [0.4, 0.5) is 5.69 Å². The number of carbonyl (C=O) groups excluding carboxylic acids is 1. The Balaban J connectivity index is 1.74. The van der Waals surface area contributed by atoms with Gasteiger partial charge in [-0.25, -0.2) is 9.48 Å². The van der Waals surface area contributed by atoms with Gasteiger partial charge in [0, 0.05) is 12.1 Å². The lowest BCUT2D eigenvalue weighted by atomic mass is 10.0. The Morgan fingerprint density at radius 3 is 2.75 bits per heavy atom. The minimum absolute atomic E-state index is 0.0301. The van der Waals surface area contributed by atoms with Crippen molar-refractivity contribution in [2.45, 2.75) is 39.0 Å². The van der Waals surface area contributed by atoms with Crippen molar-refractivity contribution in [2.75, 3.05) is 5.32 Å². The molecule has 0 saturated heterocycles. The Labute approximate surface area is 140 Å². The fourth-order valence-electron chi connectivity index (χ4n) is 3.28. The summed E-state index contributed by atoms with van der Waals surface area (Å²) in [4.78, 5) is 23.3. The van der Waals surface area contributed by atoms with E-state index >= 15 is 0 Å². The van der Waals surface area contributed by atoms with Crippen LogP contribution in [-0.2, 0) is 4.79 Å². The normalized spacial score (nSPS) is 14.7. The van der Waals surface area contributed by atoms with Gasteiger partial charge in [-0.2, -0.15) is 5.10 Å². The van der Waals surface area contributed by atoms with Gasteiger partial charge in [0.05, 0.1) is 17.6 Å². The van der Waals surface area contributed by atoms with Crippen LogP contribution in [-0.4, -0.2) is 26.8 Å². The van der Waals surface area contributed by atoms with E-state index in [4.69, 9.17) is 5.11 Å². The molecule has 6 nitrogen and oxygen atoms in total. The summed E-state index contributed by atoms with van der Waals surface area (Å²) >= 11 is 0. The highest BCUT2D eigenvalue weighted by Crippen LogP contribution is 2.28. The first-order chi connectivity index (χ1) is 11.5. The van der Waals surface area contributed by atoms with Crippen molar-refractivity contribution >= 4 is 17.6 Å². The number of amides is 1. The molecule has 1 aliphatic rings. The number of nitrogens with zero attached hydrogens (tertiary/aromatic N) is 2. The van der Waals surface area contributed by atoms with Crippen LogP contribution < -0.4 is 5.32 Å². The van der Waals surface area contributed by atoms with Gasteiger partial charge in [-0.05, 0) is 43.9 Å². The van der Waals surface area contributed by atoms with Crippen LogP contribution in [0.2, 0.25) is 0 Å². The topological polar surface area (TPSA) is 84.2 Å². The van der Waals surface area contributed by atoms with E-state index in [0.717, 1.165) is 18.5 Å². The summed E-state index contributed by atoms with van der Waals surface area (Å²) in [6, 6.07) is 7.28. The maximum atomic E-state index is 12.2. The summed E-state index contributed by atoms with van der Waals surface area (Å²) in [5.41, 5.74) is 2.14. The molecule has 3 rings (SSSR count). The maximum Gasteiger partial charge on any atom is 0.339 e. The molecule has 1 saturated carbocycles. The second-order valence-electron chi connectivity index (χ2n) is 6.31. The quantitative estimate of drug-likeness (QED) is 0.881. The summed E-state index contributed by atoms with van der Waals surface area (Å²) in [6.45, 7) is 1.71. The van der Waals surface area contributed by atoms with E-state index in [1.54, 1.807) is 17.7 Å². The molecule has 1 aromatic heterocycles. The summed E-state index contributed by atoms with van der Waals surface area (Å²) in [7, 11) is 0. The minimum atomic E-state index is -1.00. The van der Waals surface area contributed by atoms with Gasteiger partial charge in [0.1, 0.15) is 5.56 Å². The molecule has 2 aromatic rings. The predicted molar refractivity (Wildman–Crippen MR) is 90.5 cm³/mol. The van der Waals surface area contributed by atoms with Crippen molar-refractivity contribution in [1.82, 2.24) is 9.78 Å². The number of carboxylic acid groups (broad SMARTS) is 1. The average molecular weight is 327 g/mol. The van der Waals surface area contributed by atoms with E-state index in [9.17, 15) is 9.59 Å². The fraction of sp³-hybridized carbons (Fsp3) is 0.389. The maximum absolute atomic E-state index is 12.2. The lowest BCUT2D eigenvalue weighted by Crippen LogP contribution is -2.15. The standard InChI is InChI=1S/C18H21N3O3/c1-12-16(18(23)24)11-19-21(12)15-8-4-7-14(10-15)20-17(22)9-13-5-2-3-6-13/h4,7-8,10-11,13H,2-3,5-6,9H2,1H3,(H,20,22)(H,23,24). The van der Waals surface area contributed by atoms with Crippen LogP contribution in [0.15, 0.2) is 30.5 Å². The SMILES string of the molecule is Cc1c(C(=O)O)cnn1-c1cccc(NC(=O)CC2CCCC2)c1. The van der Waals surface area contributed by atoms with Gasteiger partial charge >= 0.3 is 5.97 Å². The summed E-state index contributed by atoms with van der Waals surface area (Å²) in [6.07, 6.45) is 6.61. The van der Waals surface area contributed by atoms with E-state index < -0.39 is 5.97 Å². The summed E-state index contributed by atoms with van der Waals surface area (Å²) < 4.78 is 1.57. The molecule has 0 atom stereocenters. The van der Waals surface area contributed by atoms with Crippen molar-refractivity contribution in [3.8, 4) is 5.69 Å². The first kappa shape index (κ1) is 16.2. The molecule has 2 N–H and O–H groups in total. The van der Waals surface area contributed by atoms with Crippen LogP contribution in [0, 0.1) is 12.8 Å². The summed E-state index contributed by atoms with van der Waals surface area (Å²) in [5, 5.41) is 16.2. The molecular weight excluding hydrogens is 306 g/mol. The molecule has 1 amide bonds. The van der Waals surface area contributed by atoms with Crippen LogP contribution in [0.25, 0.3) is 5.69 Å². The highest BCUT2D eigenvalue weighted by molar-refractivity contribution is 5.91. The van der Waals surface area contributed by atoms with Gasteiger partial charge in [0.25, 0.3) is 0 Å². The molecule has 1 aliphatic carbocycles. The summed E-state index contributed by atoms with van der Waals surface area (Å²) in [5.74, 6) is -0.470. The number of aromatic nitrogens is 2. The molecule has 24 heavy (non-hydrogen) atoms. The highest BCUT2D eigenvalue weighted by atomic mass is 16.4. The number of nitrogens with one attached hydrogen (secondary N) is 1. The fourth-order valence-corrected chi connectivity index (χ4v) is 3.28. The number of benzene rings is 1. The molecule has 1 aromatic carbocycles. The molecular formula is C18H21N3O3. The Morgan fingerprint density at radius 2 is 2.08 bits per heavy atom. The molecule has 1 fully saturated rings. The third kappa shape index (κ3) is 3.48. The second kappa shape index (κ2) is 6.86. The van der Waals surface area contributed by atoms with E-state index in [1.165, 1.54) is 19.0 Å². The Hall–Kier alpha value is -2.63. The first-order valence-electron chi connectivity index (χ1n) is 8.23. The van der Waals surface area contributed by atoms with Gasteiger partial charge in [0.2, 0.25) is 5.91 Å². The molecule has 6 heteroatoms. The molecule has 0 radical (unpaired) electrons. The largest absolute Gasteiger partial charge is 0.478 e. The zero-order chi connectivity index (χ0) is 17.1. The van der Waals surface area contributed by atoms with Crippen LogP contribution in [0.5, 0.6) is 0 Å². The Morgan fingerprint density at radius 1 is 1.33 bits per heavy atom. The van der Waals surface area contributed by atoms with Gasteiger partial charge in [0.15, 0.2) is 0 Å². The molecule has 0 spiro atoms. The number of carbonyl (C=O) groups is 2. The van der Waals surface area contributed by atoms with E-state index in [1.807, 2.05) is 18.2 Å². The van der Waals surface area contributed by atoms with Crippen molar-refractivity contribution < 1.29 is 14.7 Å². The number of rotatable bonds is 5. The monoisotopic (exact) mass is 327 g/mol. The van der Waals surface area contributed by atoms with Crippen molar-refractivity contribution in [2.24, 2.45) is 5.92 Å². The van der Waals surface area contributed by atoms with E-state index in [0.29, 0.717) is 23.7 Å². The van der Waals surface area contributed by atoms with Crippen LogP contribution >= 0.6 is 0 Å². The van der Waals surface area contributed by atoms with Gasteiger partial charge < -0.3 is 10.4 Å². The molecule has 126 valence electrons. The van der Waals surface area contributed by atoms with Gasteiger partial charge in [-0.15, -0.1) is 0 Å². The molecule has 1 heterocycles. The van der Waals surface area contributed by atoms with Crippen molar-refractivity contribution in [3.05, 3.63) is 41.7 Å². The number of hydrogen-bond donors (Lipinski definition) is 2. The average Bonchev–Trinajstić information content (AvgIpc) is 3.16. The number of aromatic carboxylic acids is 1. The molecule has 0 unspecified atom stereocenters. The van der Waals surface area contributed by atoms with Crippen molar-refractivity contribution in [1.29, 1.82) is 0 Å². The molecule has 0 aliphatic heterocycles. The van der Waals surface area contributed by atoms with Crippen molar-refractivity contribution in [3.63, 3.8) is 0 Å². The predicted octanol–water partition coefficient (Wildman–Crippen LogP) is 3.40. The van der Waals surface area contributed by atoms with Crippen LogP contribution in [0.3, 0.4) is 0 Å². The number of anilines is 1.